The fourth-order valence-electron chi connectivity index (χ4n) is 3.60. The minimum atomic E-state index is -0.0591. The zero-order valence-corrected chi connectivity index (χ0v) is 15.4. The first-order valence-corrected chi connectivity index (χ1v) is 9.16. The van der Waals surface area contributed by atoms with Crippen LogP contribution in [0.5, 0.6) is 5.75 Å². The number of rotatable bonds is 3. The van der Waals surface area contributed by atoms with Crippen molar-refractivity contribution in [1.82, 2.24) is 19.8 Å². The van der Waals surface area contributed by atoms with Crippen LogP contribution in [0.2, 0.25) is 5.02 Å². The Hall–Kier alpha value is -2.25. The monoisotopic (exact) mass is 375 g/mol. The number of aromatic nitrogens is 2. The van der Waals surface area contributed by atoms with E-state index in [1.54, 1.807) is 12.3 Å². The zero-order valence-electron chi connectivity index (χ0n) is 14.7. The first kappa shape index (κ1) is 17.2. The number of carbonyl (C=O) groups excluding carboxylic acids is 1. The van der Waals surface area contributed by atoms with Crippen molar-refractivity contribution in [2.45, 2.75) is 6.04 Å². The van der Waals surface area contributed by atoms with E-state index in [1.165, 1.54) is 0 Å². The SMILES string of the molecule is Cn1ccnc1C1CNCCN1C(=O)CN1CCOc2ccc(Cl)cc21. The maximum atomic E-state index is 13.1. The Morgan fingerprint density at radius 1 is 1.42 bits per heavy atom. The van der Waals surface area contributed by atoms with E-state index in [-0.39, 0.29) is 11.9 Å². The molecule has 0 spiro atoms. The summed E-state index contributed by atoms with van der Waals surface area (Å²) in [5.74, 6) is 1.76. The number of nitrogens with zero attached hydrogens (tertiary/aromatic N) is 4. The third-order valence-corrected chi connectivity index (χ3v) is 5.16. The molecule has 0 bridgehead atoms. The van der Waals surface area contributed by atoms with Gasteiger partial charge in [-0.15, -0.1) is 0 Å². The second-order valence-corrected chi connectivity index (χ2v) is 7.02. The smallest absolute Gasteiger partial charge is 0.242 e. The van der Waals surface area contributed by atoms with Gasteiger partial charge >= 0.3 is 0 Å². The molecule has 7 nitrogen and oxygen atoms in total. The highest BCUT2D eigenvalue weighted by molar-refractivity contribution is 6.31. The number of piperazine rings is 1. The molecule has 1 atom stereocenters. The molecule has 0 saturated carbocycles. The van der Waals surface area contributed by atoms with Crippen molar-refractivity contribution in [3.05, 3.63) is 41.4 Å². The Morgan fingerprint density at radius 3 is 3.12 bits per heavy atom. The van der Waals surface area contributed by atoms with Crippen molar-refractivity contribution < 1.29 is 9.53 Å². The lowest BCUT2D eigenvalue weighted by Gasteiger charge is -2.38. The lowest BCUT2D eigenvalue weighted by atomic mass is 10.1. The van der Waals surface area contributed by atoms with Crippen LogP contribution in [0.25, 0.3) is 0 Å². The fraction of sp³-hybridized carbons (Fsp3) is 0.444. The normalized spacial score (nSPS) is 19.8. The minimum Gasteiger partial charge on any atom is -0.490 e. The molecule has 1 N–H and O–H groups in total. The first-order chi connectivity index (χ1) is 12.6. The summed E-state index contributed by atoms with van der Waals surface area (Å²) >= 11 is 6.14. The topological polar surface area (TPSA) is 62.6 Å². The van der Waals surface area contributed by atoms with Crippen LogP contribution in [0.15, 0.2) is 30.6 Å². The van der Waals surface area contributed by atoms with E-state index in [0.29, 0.717) is 37.8 Å². The van der Waals surface area contributed by atoms with Gasteiger partial charge in [-0.2, -0.15) is 0 Å². The Balaban J connectivity index is 1.54. The predicted molar refractivity (Wildman–Crippen MR) is 99.7 cm³/mol. The number of halogens is 1. The van der Waals surface area contributed by atoms with Crippen molar-refractivity contribution >= 4 is 23.2 Å². The van der Waals surface area contributed by atoms with Crippen molar-refractivity contribution in [1.29, 1.82) is 0 Å². The molecule has 1 amide bonds. The van der Waals surface area contributed by atoms with Crippen molar-refractivity contribution in [2.24, 2.45) is 7.05 Å². The van der Waals surface area contributed by atoms with Crippen LogP contribution in [-0.2, 0) is 11.8 Å². The Labute approximate surface area is 157 Å². The van der Waals surface area contributed by atoms with Crippen molar-refractivity contribution in [2.75, 3.05) is 44.2 Å². The van der Waals surface area contributed by atoms with E-state index in [4.69, 9.17) is 16.3 Å². The number of nitrogens with one attached hydrogen (secondary N) is 1. The molecular weight excluding hydrogens is 354 g/mol. The van der Waals surface area contributed by atoms with E-state index in [2.05, 4.69) is 10.3 Å². The summed E-state index contributed by atoms with van der Waals surface area (Å²) < 4.78 is 7.66. The summed E-state index contributed by atoms with van der Waals surface area (Å²) in [6, 6.07) is 5.46. The zero-order chi connectivity index (χ0) is 18.1. The van der Waals surface area contributed by atoms with Gasteiger partial charge in [-0.05, 0) is 18.2 Å². The van der Waals surface area contributed by atoms with Crippen LogP contribution < -0.4 is 15.0 Å². The van der Waals surface area contributed by atoms with E-state index in [0.717, 1.165) is 23.8 Å². The molecule has 2 aliphatic rings. The lowest BCUT2D eigenvalue weighted by molar-refractivity contribution is -0.133. The fourth-order valence-corrected chi connectivity index (χ4v) is 3.76. The predicted octanol–water partition coefficient (Wildman–Crippen LogP) is 1.45. The molecular formula is C18H22ClN5O2. The highest BCUT2D eigenvalue weighted by atomic mass is 35.5. The van der Waals surface area contributed by atoms with E-state index >= 15 is 0 Å². The number of imidazole rings is 1. The third-order valence-electron chi connectivity index (χ3n) is 4.93. The highest BCUT2D eigenvalue weighted by Crippen LogP contribution is 2.34. The summed E-state index contributed by atoms with van der Waals surface area (Å²) in [4.78, 5) is 21.5. The quantitative estimate of drug-likeness (QED) is 0.879. The number of carbonyl (C=O) groups is 1. The molecule has 1 saturated heterocycles. The number of hydrogen-bond donors (Lipinski definition) is 1. The summed E-state index contributed by atoms with van der Waals surface area (Å²) in [6.07, 6.45) is 3.68. The van der Waals surface area contributed by atoms with Gasteiger partial charge < -0.3 is 24.4 Å². The maximum absolute atomic E-state index is 13.1. The summed E-state index contributed by atoms with van der Waals surface area (Å²) in [7, 11) is 1.96. The van der Waals surface area contributed by atoms with Crippen molar-refractivity contribution in [3.63, 3.8) is 0 Å². The van der Waals surface area contributed by atoms with Gasteiger partial charge in [0.15, 0.2) is 0 Å². The van der Waals surface area contributed by atoms with Crippen LogP contribution in [0.3, 0.4) is 0 Å². The molecule has 0 aliphatic carbocycles. The molecule has 2 aromatic rings. The van der Waals surface area contributed by atoms with Gasteiger partial charge in [0.05, 0.1) is 18.8 Å². The standard InChI is InChI=1S/C18H22ClN5O2/c1-22-6-5-21-18(22)15-11-20-4-7-24(15)17(25)12-23-8-9-26-16-3-2-13(19)10-14(16)23/h2-3,5-6,10,15,20H,4,7-9,11-12H2,1H3. The molecule has 138 valence electrons. The van der Waals surface area contributed by atoms with E-state index < -0.39 is 0 Å². The average molecular weight is 376 g/mol. The lowest BCUT2D eigenvalue weighted by Crippen LogP contribution is -2.52. The largest absolute Gasteiger partial charge is 0.490 e. The highest BCUT2D eigenvalue weighted by Gasteiger charge is 2.32. The van der Waals surface area contributed by atoms with E-state index in [9.17, 15) is 4.79 Å². The van der Waals surface area contributed by atoms with Crippen LogP contribution in [0, 0.1) is 0 Å². The average Bonchev–Trinajstić information content (AvgIpc) is 3.08. The molecule has 0 radical (unpaired) electrons. The maximum Gasteiger partial charge on any atom is 0.242 e. The molecule has 8 heteroatoms. The van der Waals surface area contributed by atoms with E-state index in [1.807, 2.05) is 39.7 Å². The summed E-state index contributed by atoms with van der Waals surface area (Å²) in [5, 5.41) is 4.00. The Kier molecular flexibility index (Phi) is 4.74. The van der Waals surface area contributed by atoms with Gasteiger partial charge in [-0.1, -0.05) is 11.6 Å². The number of benzene rings is 1. The van der Waals surface area contributed by atoms with Crippen LogP contribution in [-0.4, -0.2) is 59.7 Å². The van der Waals surface area contributed by atoms with Gasteiger partial charge in [0.1, 0.15) is 24.2 Å². The molecule has 2 aliphatic heterocycles. The Bertz CT molecular complexity index is 809. The molecule has 1 unspecified atom stereocenters. The molecule has 26 heavy (non-hydrogen) atoms. The molecule has 1 fully saturated rings. The number of ether oxygens (including phenoxy) is 1. The molecule has 4 rings (SSSR count). The molecule has 1 aromatic carbocycles. The van der Waals surface area contributed by atoms with Crippen LogP contribution in [0.1, 0.15) is 11.9 Å². The van der Waals surface area contributed by atoms with Gasteiger partial charge in [0.25, 0.3) is 0 Å². The number of anilines is 1. The number of fused-ring (bicyclic) bond motifs is 1. The summed E-state index contributed by atoms with van der Waals surface area (Å²) in [5.41, 5.74) is 0.876. The summed E-state index contributed by atoms with van der Waals surface area (Å²) in [6.45, 7) is 3.70. The number of hydrogen-bond acceptors (Lipinski definition) is 5. The van der Waals surface area contributed by atoms with Gasteiger partial charge in [0, 0.05) is 44.1 Å². The van der Waals surface area contributed by atoms with Gasteiger partial charge in [-0.25, -0.2) is 4.98 Å². The molecule has 3 heterocycles. The second kappa shape index (κ2) is 7.17. The van der Waals surface area contributed by atoms with Gasteiger partial charge in [0.2, 0.25) is 5.91 Å². The minimum absolute atomic E-state index is 0.0591. The van der Waals surface area contributed by atoms with Crippen LogP contribution in [0.4, 0.5) is 5.69 Å². The second-order valence-electron chi connectivity index (χ2n) is 6.59. The van der Waals surface area contributed by atoms with Crippen molar-refractivity contribution in [3.8, 4) is 5.75 Å². The third kappa shape index (κ3) is 3.24. The number of amides is 1. The van der Waals surface area contributed by atoms with Crippen LogP contribution >= 0.6 is 11.6 Å². The van der Waals surface area contributed by atoms with Gasteiger partial charge in [-0.3, -0.25) is 4.79 Å². The molecule has 1 aromatic heterocycles. The first-order valence-electron chi connectivity index (χ1n) is 8.78. The number of aryl methyl sites for hydroxylation is 1. The Morgan fingerprint density at radius 2 is 2.31 bits per heavy atom.